The average Bonchev–Trinajstić information content (AvgIpc) is 2.05. The number of hydrogen-bond acceptors (Lipinski definition) is 0. The summed E-state index contributed by atoms with van der Waals surface area (Å²) < 4.78 is 0. The quantitative estimate of drug-likeness (QED) is 0.540. The Labute approximate surface area is 71.2 Å². The van der Waals surface area contributed by atoms with Crippen molar-refractivity contribution in [1.29, 1.82) is 0 Å². The first kappa shape index (κ1) is 8.74. The molecule has 0 amide bonds. The van der Waals surface area contributed by atoms with Gasteiger partial charge in [0.15, 0.2) is 0 Å². The molecule has 1 aliphatic carbocycles. The summed E-state index contributed by atoms with van der Waals surface area (Å²) in [5.74, 6) is 0. The summed E-state index contributed by atoms with van der Waals surface area (Å²) in [4.78, 5) is 0. The molecule has 60 valence electrons. The van der Waals surface area contributed by atoms with Crippen LogP contribution in [0.5, 0.6) is 0 Å². The first-order chi connectivity index (χ1) is 4.84. The molecule has 0 N–H and O–H groups in total. The van der Waals surface area contributed by atoms with Gasteiger partial charge in [0.1, 0.15) is 0 Å². The topological polar surface area (TPSA) is 0 Å². The van der Waals surface area contributed by atoms with Crippen LogP contribution in [-0.4, -0.2) is 26.6 Å². The van der Waals surface area contributed by atoms with Gasteiger partial charge in [0.2, 0.25) is 0 Å². The first-order valence-electron chi connectivity index (χ1n) is 4.84. The minimum absolute atomic E-state index is 0.0621. The van der Waals surface area contributed by atoms with E-state index in [2.05, 4.69) is 6.55 Å². The second-order valence-corrected chi connectivity index (χ2v) is 21.2. The Morgan fingerprint density at radius 3 is 2.40 bits per heavy atom. The molecule has 1 atom stereocenters. The van der Waals surface area contributed by atoms with Gasteiger partial charge < -0.3 is 0 Å². The van der Waals surface area contributed by atoms with Crippen molar-refractivity contribution in [2.45, 2.75) is 44.2 Å². The van der Waals surface area contributed by atoms with Crippen LogP contribution in [0.25, 0.3) is 0 Å². The van der Waals surface area contributed by atoms with E-state index in [0.29, 0.717) is 8.55 Å². The van der Waals surface area contributed by atoms with Crippen LogP contribution in [0.2, 0.25) is 12.1 Å². The molecule has 1 rings (SSSR count). The Morgan fingerprint density at radius 2 is 1.90 bits per heavy atom. The second kappa shape index (κ2) is 4.51. The summed E-state index contributed by atoms with van der Waals surface area (Å²) in [5.41, 5.74) is 1.30. The molecule has 0 aromatic heterocycles. The van der Waals surface area contributed by atoms with E-state index in [0.717, 1.165) is 0 Å². The van der Waals surface area contributed by atoms with Crippen LogP contribution in [0.1, 0.15) is 32.1 Å². The van der Waals surface area contributed by atoms with E-state index in [1.165, 1.54) is 5.54 Å². The minimum atomic E-state index is -0.0621. The van der Waals surface area contributed by atoms with Crippen LogP contribution in [0.3, 0.4) is 0 Å². The summed E-state index contributed by atoms with van der Waals surface area (Å²) in [7, 11) is 2.12. The molecule has 0 radical (unpaired) electrons. The van der Waals surface area contributed by atoms with E-state index in [1.807, 2.05) is 0 Å². The predicted octanol–water partition coefficient (Wildman–Crippen LogP) is 0.123. The van der Waals surface area contributed by atoms with Crippen molar-refractivity contribution in [3.8, 4) is 0 Å². The Balaban J connectivity index is 2.24. The van der Waals surface area contributed by atoms with Gasteiger partial charge >= 0.3 is 0 Å². The lowest BCUT2D eigenvalue weighted by molar-refractivity contribution is 0.499. The lowest BCUT2D eigenvalue weighted by atomic mass is 10.0. The summed E-state index contributed by atoms with van der Waals surface area (Å²) in [6, 6.07) is 0. The third-order valence-corrected chi connectivity index (χ3v) is 24.1. The van der Waals surface area contributed by atoms with Crippen LogP contribution in [0, 0.1) is 0 Å². The van der Waals surface area contributed by atoms with Crippen LogP contribution in [0.15, 0.2) is 0 Å². The summed E-state index contributed by atoms with van der Waals surface area (Å²) in [6.45, 7) is 2.65. The van der Waals surface area contributed by atoms with Crippen LogP contribution in [-0.2, 0) is 0 Å². The highest BCUT2D eigenvalue weighted by Crippen LogP contribution is 2.30. The largest absolute Gasteiger partial charge is 0.0744 e. The zero-order chi connectivity index (χ0) is 7.40. The maximum absolute atomic E-state index is 2.65. The molecule has 0 saturated heterocycles. The van der Waals surface area contributed by atoms with Gasteiger partial charge in [-0.05, 0) is 18.3 Å². The Kier molecular flexibility index (Phi) is 3.95. The molecule has 0 heterocycles. The van der Waals surface area contributed by atoms with Gasteiger partial charge in [0.25, 0.3) is 0 Å². The molecule has 1 saturated carbocycles. The summed E-state index contributed by atoms with van der Waals surface area (Å²) in [6.07, 6.45) is 7.93. The van der Waals surface area contributed by atoms with Crippen molar-refractivity contribution in [2.24, 2.45) is 0 Å². The molecule has 0 aromatic rings. The first-order valence-corrected chi connectivity index (χ1v) is 15.6. The van der Waals surface area contributed by atoms with E-state index in [4.69, 9.17) is 0 Å². The lowest BCUT2D eigenvalue weighted by Gasteiger charge is -2.25. The van der Waals surface area contributed by atoms with Gasteiger partial charge in [-0.3, -0.25) is 0 Å². The molecule has 1 aliphatic rings. The summed E-state index contributed by atoms with van der Waals surface area (Å²) >= 11 is 0. The van der Waals surface area contributed by atoms with Gasteiger partial charge in [-0.25, -0.2) is 0 Å². The number of hydrogen-bond donors (Lipinski definition) is 0. The van der Waals surface area contributed by atoms with Gasteiger partial charge in [-0.1, -0.05) is 44.2 Å². The zero-order valence-electron chi connectivity index (χ0n) is 7.40. The van der Waals surface area contributed by atoms with E-state index >= 15 is 0 Å². The molecule has 0 bridgehead atoms. The molecular formula is C7H20Si3. The van der Waals surface area contributed by atoms with E-state index in [-0.39, 0.29) is 8.31 Å². The minimum Gasteiger partial charge on any atom is -0.0744 e. The maximum atomic E-state index is 2.65. The Hall–Kier alpha value is 0.651. The van der Waals surface area contributed by atoms with Gasteiger partial charge in [-0.2, -0.15) is 0 Å². The Bertz CT molecular complexity index is 88.9. The maximum Gasteiger partial charge on any atom is 0.0209 e. The van der Waals surface area contributed by atoms with Crippen LogP contribution < -0.4 is 0 Å². The fraction of sp³-hybridized carbons (Fsp3) is 1.00. The fourth-order valence-electron chi connectivity index (χ4n) is 2.04. The summed E-state index contributed by atoms with van der Waals surface area (Å²) in [5, 5.41) is 0. The predicted molar refractivity (Wildman–Crippen MR) is 58.3 cm³/mol. The SMILES string of the molecule is C[SiH]([SiH2][SiH3])C1CCCCC1. The smallest absolute Gasteiger partial charge is 0.0209 e. The standard InChI is InChI=1S/C7H20Si3/c1-10(9-8)7-5-3-2-4-6-7/h7,10H,2-6,9H2,1,8H3. The van der Waals surface area contributed by atoms with E-state index in [9.17, 15) is 0 Å². The normalized spacial score (nSPS) is 26.1. The molecule has 0 aromatic carbocycles. The average molecular weight is 188 g/mol. The highest BCUT2D eigenvalue weighted by Gasteiger charge is 2.18. The molecule has 0 spiro atoms. The molecule has 1 unspecified atom stereocenters. The monoisotopic (exact) mass is 188 g/mol. The zero-order valence-corrected chi connectivity index (χ0v) is 12.0. The second-order valence-electron chi connectivity index (χ2n) is 3.78. The van der Waals surface area contributed by atoms with Crippen LogP contribution >= 0.6 is 0 Å². The highest BCUT2D eigenvalue weighted by molar-refractivity contribution is 7.31. The molecule has 0 nitrogen and oxygen atoms in total. The highest BCUT2D eigenvalue weighted by atomic mass is 29.5. The number of rotatable bonds is 2. The van der Waals surface area contributed by atoms with Crippen molar-refractivity contribution in [3.05, 3.63) is 0 Å². The molecular weight excluding hydrogens is 168 g/mol. The van der Waals surface area contributed by atoms with Gasteiger partial charge in [-0.15, -0.1) is 0 Å². The van der Waals surface area contributed by atoms with Crippen LogP contribution in [0.4, 0.5) is 0 Å². The van der Waals surface area contributed by atoms with Crippen molar-refractivity contribution in [1.82, 2.24) is 0 Å². The molecule has 3 heteroatoms. The van der Waals surface area contributed by atoms with E-state index in [1.54, 1.807) is 41.9 Å². The fourth-order valence-corrected chi connectivity index (χ4v) is 13.7. The van der Waals surface area contributed by atoms with Gasteiger partial charge in [0, 0.05) is 8.31 Å². The molecule has 0 aliphatic heterocycles. The van der Waals surface area contributed by atoms with Crippen molar-refractivity contribution >= 4 is 26.6 Å². The third kappa shape index (κ3) is 2.36. The van der Waals surface area contributed by atoms with Crippen molar-refractivity contribution < 1.29 is 0 Å². The van der Waals surface area contributed by atoms with Crippen molar-refractivity contribution in [3.63, 3.8) is 0 Å². The molecule has 10 heavy (non-hydrogen) atoms. The van der Waals surface area contributed by atoms with Crippen molar-refractivity contribution in [2.75, 3.05) is 0 Å². The Morgan fingerprint density at radius 1 is 1.30 bits per heavy atom. The van der Waals surface area contributed by atoms with Gasteiger partial charge in [0.05, 0.1) is 0 Å². The lowest BCUT2D eigenvalue weighted by Crippen LogP contribution is -2.26. The van der Waals surface area contributed by atoms with E-state index < -0.39 is 0 Å². The molecule has 1 fully saturated rings. The third-order valence-electron chi connectivity index (χ3n) is 3.10.